The van der Waals surface area contributed by atoms with Crippen LogP contribution in [-0.4, -0.2) is 48.4 Å². The third-order valence-electron chi connectivity index (χ3n) is 7.81. The monoisotopic (exact) mass is 674 g/mol. The normalized spacial score (nSPS) is 12.4. The summed E-state index contributed by atoms with van der Waals surface area (Å²) in [4.78, 5) is 8.79. The second-order valence-corrected chi connectivity index (χ2v) is 27.3. The molecule has 2 rings (SSSR count). The molecule has 0 N–H and O–H groups in total. The Hall–Kier alpha value is -1.53. The summed E-state index contributed by atoms with van der Waals surface area (Å²) < 4.78 is 24.8. The molecule has 6 nitrogen and oxygen atoms in total. The Morgan fingerprint density at radius 3 is 1.56 bits per heavy atom. The van der Waals surface area contributed by atoms with Crippen LogP contribution in [0.3, 0.4) is 0 Å². The first-order chi connectivity index (χ1) is 21.4. The first kappa shape index (κ1) is 39.6. The quantitative estimate of drug-likeness (QED) is 0.0731. The predicted molar refractivity (Wildman–Crippen MR) is 199 cm³/mol. The molecule has 0 aliphatic carbocycles. The molecule has 0 aliphatic heterocycles. The van der Waals surface area contributed by atoms with Gasteiger partial charge in [-0.25, -0.2) is 9.97 Å². The maximum absolute atomic E-state index is 6.64. The van der Waals surface area contributed by atoms with Crippen LogP contribution in [0.4, 0.5) is 0 Å². The van der Waals surface area contributed by atoms with Crippen molar-refractivity contribution in [2.45, 2.75) is 155 Å². The molecule has 45 heavy (non-hydrogen) atoms. The third-order valence-corrected chi connectivity index (χ3v) is 18.0. The van der Waals surface area contributed by atoms with Gasteiger partial charge in [0, 0.05) is 18.0 Å². The van der Waals surface area contributed by atoms with E-state index in [1.54, 1.807) is 0 Å². The Labute approximate surface area is 280 Å². The van der Waals surface area contributed by atoms with E-state index in [2.05, 4.69) is 74.9 Å². The molecule has 0 unspecified atom stereocenters. The van der Waals surface area contributed by atoms with Crippen molar-refractivity contribution >= 4 is 25.2 Å². The molecule has 0 saturated carbocycles. The van der Waals surface area contributed by atoms with E-state index >= 15 is 0 Å². The zero-order valence-corrected chi connectivity index (χ0v) is 33.2. The molecule has 1 aromatic carbocycles. The van der Waals surface area contributed by atoms with Crippen molar-refractivity contribution in [3.8, 4) is 22.9 Å². The first-order valence-corrected chi connectivity index (χ1v) is 27.3. The van der Waals surface area contributed by atoms with Crippen LogP contribution in [0.5, 0.6) is 11.8 Å². The number of rotatable bonds is 26. The molecular formula is C36H66N2O4Si3. The van der Waals surface area contributed by atoms with Gasteiger partial charge in [-0.2, -0.15) is 0 Å². The van der Waals surface area contributed by atoms with E-state index < -0.39 is 25.2 Å². The molecule has 2 aromatic rings. The number of nitrogens with zero attached hydrogens (tertiary/aromatic N) is 2. The summed E-state index contributed by atoms with van der Waals surface area (Å²) >= 11 is 0. The number of hydrogen-bond donors (Lipinski definition) is 0. The average Bonchev–Trinajstić information content (AvgIpc) is 2.96. The average molecular weight is 675 g/mol. The van der Waals surface area contributed by atoms with Gasteiger partial charge < -0.3 is 17.7 Å². The smallest absolute Gasteiger partial charge is 0.316 e. The summed E-state index contributed by atoms with van der Waals surface area (Å²) in [6.07, 6.45) is 22.8. The fourth-order valence-electron chi connectivity index (χ4n) is 5.88. The van der Waals surface area contributed by atoms with Crippen LogP contribution in [0, 0.1) is 0 Å². The van der Waals surface area contributed by atoms with E-state index in [4.69, 9.17) is 17.7 Å². The van der Waals surface area contributed by atoms with Gasteiger partial charge in [0.25, 0.3) is 0 Å². The molecule has 1 aromatic heterocycles. The Morgan fingerprint density at radius 2 is 1.02 bits per heavy atom. The summed E-state index contributed by atoms with van der Waals surface area (Å²) in [7, 11) is -5.21. The number of ether oxygens (including phenoxy) is 2. The number of aromatic nitrogens is 2. The molecular weight excluding hydrogens is 609 g/mol. The van der Waals surface area contributed by atoms with Crippen molar-refractivity contribution in [3.63, 3.8) is 0 Å². The molecule has 0 spiro atoms. The van der Waals surface area contributed by atoms with E-state index in [9.17, 15) is 0 Å². The van der Waals surface area contributed by atoms with E-state index in [-0.39, 0.29) is 0 Å². The van der Waals surface area contributed by atoms with Crippen molar-refractivity contribution in [1.82, 2.24) is 9.97 Å². The Balaban J connectivity index is 1.48. The molecule has 0 amide bonds. The second kappa shape index (κ2) is 21.4. The zero-order valence-electron chi connectivity index (χ0n) is 30.2. The highest BCUT2D eigenvalue weighted by Crippen LogP contribution is 2.25. The van der Waals surface area contributed by atoms with Crippen molar-refractivity contribution in [2.24, 2.45) is 0 Å². The maximum Gasteiger partial charge on any atom is 0.316 e. The van der Waals surface area contributed by atoms with E-state index in [0.717, 1.165) is 36.3 Å². The zero-order chi connectivity index (χ0) is 33.0. The lowest BCUT2D eigenvalue weighted by atomic mass is 10.1. The van der Waals surface area contributed by atoms with Gasteiger partial charge in [-0.05, 0) is 82.4 Å². The SMILES string of the molecule is CCCCCCCCOc1ncc(-c2ccc(OCCCCCCCCCCC[Si](C)(C)O[Si](C)(C)O[Si](C)(C)C)cc2)cn1. The minimum absolute atomic E-state index is 0.462. The van der Waals surface area contributed by atoms with E-state index in [1.807, 2.05) is 24.5 Å². The van der Waals surface area contributed by atoms with Crippen molar-refractivity contribution < 1.29 is 17.7 Å². The Bertz CT molecular complexity index is 1030. The van der Waals surface area contributed by atoms with Crippen LogP contribution in [0.1, 0.15) is 103 Å². The van der Waals surface area contributed by atoms with Crippen LogP contribution in [0.2, 0.25) is 51.9 Å². The number of benzene rings is 1. The number of unbranched alkanes of at least 4 members (excludes halogenated alkanes) is 13. The summed E-state index contributed by atoms with van der Waals surface area (Å²) in [5.74, 6) is 0.921. The van der Waals surface area contributed by atoms with Crippen LogP contribution in [0.25, 0.3) is 11.1 Å². The summed E-state index contributed by atoms with van der Waals surface area (Å²) in [5, 5.41) is 0. The maximum atomic E-state index is 6.64. The highest BCUT2D eigenvalue weighted by molar-refractivity contribution is 6.87. The third kappa shape index (κ3) is 19.7. The predicted octanol–water partition coefficient (Wildman–Crippen LogP) is 11.5. The van der Waals surface area contributed by atoms with Gasteiger partial charge >= 0.3 is 14.6 Å². The van der Waals surface area contributed by atoms with Crippen LogP contribution < -0.4 is 9.47 Å². The van der Waals surface area contributed by atoms with Gasteiger partial charge in [-0.1, -0.05) is 103 Å². The molecule has 0 radical (unpaired) electrons. The first-order valence-electron chi connectivity index (χ1n) is 18.0. The van der Waals surface area contributed by atoms with Gasteiger partial charge in [-0.3, -0.25) is 0 Å². The van der Waals surface area contributed by atoms with Gasteiger partial charge in [0.1, 0.15) is 5.75 Å². The fourth-order valence-corrected chi connectivity index (χ4v) is 19.2. The summed E-state index contributed by atoms with van der Waals surface area (Å²) in [6, 6.07) is 9.94. The van der Waals surface area contributed by atoms with Crippen LogP contribution >= 0.6 is 0 Å². The minimum Gasteiger partial charge on any atom is -0.494 e. The highest BCUT2D eigenvalue weighted by Gasteiger charge is 2.37. The van der Waals surface area contributed by atoms with E-state index in [0.29, 0.717) is 12.6 Å². The summed E-state index contributed by atoms with van der Waals surface area (Å²) in [6.45, 7) is 19.7. The lowest BCUT2D eigenvalue weighted by molar-refractivity contribution is 0.281. The molecule has 256 valence electrons. The number of hydrogen-bond acceptors (Lipinski definition) is 6. The molecule has 0 bridgehead atoms. The van der Waals surface area contributed by atoms with Crippen molar-refractivity contribution in [3.05, 3.63) is 36.7 Å². The fraction of sp³-hybridized carbons (Fsp3) is 0.722. The largest absolute Gasteiger partial charge is 0.494 e. The van der Waals surface area contributed by atoms with Gasteiger partial charge in [0.05, 0.1) is 13.2 Å². The van der Waals surface area contributed by atoms with Gasteiger partial charge in [0.2, 0.25) is 0 Å². The topological polar surface area (TPSA) is 62.7 Å². The lowest BCUT2D eigenvalue weighted by Gasteiger charge is -2.37. The van der Waals surface area contributed by atoms with Crippen LogP contribution in [0.15, 0.2) is 36.7 Å². The van der Waals surface area contributed by atoms with Gasteiger partial charge in [-0.15, -0.1) is 0 Å². The van der Waals surface area contributed by atoms with Crippen molar-refractivity contribution in [1.29, 1.82) is 0 Å². The van der Waals surface area contributed by atoms with Crippen LogP contribution in [-0.2, 0) is 8.23 Å². The summed E-state index contributed by atoms with van der Waals surface area (Å²) in [5.41, 5.74) is 2.07. The Kier molecular flexibility index (Phi) is 18.8. The molecule has 0 atom stereocenters. The second-order valence-electron chi connectivity index (χ2n) is 14.7. The molecule has 0 aliphatic rings. The van der Waals surface area contributed by atoms with Gasteiger partial charge in [0.15, 0.2) is 16.6 Å². The standard InChI is InChI=1S/C36H66N2O4Si3/c1-9-10-11-12-18-22-29-40-36-37-31-34(32-38-36)33-24-26-35(27-25-33)39-28-21-19-16-14-13-15-17-20-23-30-44(5,6)42-45(7,8)41-43(2,3)4/h24-27,31-32H,9-23,28-30H2,1-8H3. The lowest BCUT2D eigenvalue weighted by Crippen LogP contribution is -2.51. The van der Waals surface area contributed by atoms with Crippen molar-refractivity contribution in [2.75, 3.05) is 13.2 Å². The molecule has 0 saturated heterocycles. The molecule has 1 heterocycles. The minimum atomic E-state index is -2.01. The Morgan fingerprint density at radius 1 is 0.533 bits per heavy atom. The van der Waals surface area contributed by atoms with E-state index in [1.165, 1.54) is 89.5 Å². The highest BCUT2D eigenvalue weighted by atomic mass is 28.5. The molecule has 0 fully saturated rings. The molecule has 9 heteroatoms.